The smallest absolute Gasteiger partial charge is 0.340 e. The van der Waals surface area contributed by atoms with Gasteiger partial charge in [0, 0.05) is 17.5 Å². The van der Waals surface area contributed by atoms with Crippen molar-refractivity contribution >= 4 is 27.7 Å². The van der Waals surface area contributed by atoms with E-state index in [1.54, 1.807) is 26.1 Å². The Bertz CT molecular complexity index is 1420. The van der Waals surface area contributed by atoms with Crippen LogP contribution in [0, 0.1) is 27.7 Å². The Balaban J connectivity index is 1.79. The van der Waals surface area contributed by atoms with Gasteiger partial charge in [0.2, 0.25) is 5.88 Å². The van der Waals surface area contributed by atoms with Crippen molar-refractivity contribution in [3.63, 3.8) is 0 Å². The highest BCUT2D eigenvalue weighted by atomic mass is 32.2. The molecule has 1 aliphatic heterocycles. The molecule has 0 fully saturated rings. The summed E-state index contributed by atoms with van der Waals surface area (Å²) in [6, 6.07) is 6.93. The SMILES string of the molecule is Cc1ccc(S(=O)(=O)Oc2c(C(=O)c3cc(C)c4c(c3C)C(C)(C)CCS4)cnn2C)c(C)c1. The maximum absolute atomic E-state index is 13.7. The number of rotatable bonds is 5. The van der Waals surface area contributed by atoms with Crippen LogP contribution in [0.3, 0.4) is 0 Å². The molecule has 1 aromatic heterocycles. The summed E-state index contributed by atoms with van der Waals surface area (Å²) >= 11 is 1.83. The van der Waals surface area contributed by atoms with Crippen LogP contribution in [0.5, 0.6) is 5.88 Å². The molecular weight excluding hydrogens is 468 g/mol. The first-order chi connectivity index (χ1) is 15.8. The molecule has 0 bridgehead atoms. The number of ketones is 1. The predicted octanol–water partition coefficient (Wildman–Crippen LogP) is 5.43. The molecule has 34 heavy (non-hydrogen) atoms. The van der Waals surface area contributed by atoms with Crippen molar-refractivity contribution in [3.8, 4) is 5.88 Å². The molecule has 0 spiro atoms. The summed E-state index contributed by atoms with van der Waals surface area (Å²) in [5.41, 5.74) is 5.33. The van der Waals surface area contributed by atoms with Crippen LogP contribution in [0.4, 0.5) is 0 Å². The second-order valence-corrected chi connectivity index (χ2v) is 12.3. The van der Waals surface area contributed by atoms with E-state index in [1.807, 2.05) is 38.6 Å². The van der Waals surface area contributed by atoms with Crippen molar-refractivity contribution in [1.29, 1.82) is 0 Å². The van der Waals surface area contributed by atoms with E-state index < -0.39 is 10.1 Å². The van der Waals surface area contributed by atoms with Crippen molar-refractivity contribution in [2.75, 3.05) is 5.75 Å². The highest BCUT2D eigenvalue weighted by Crippen LogP contribution is 2.46. The standard InChI is InChI=1S/C26H30N2O4S2/c1-15-8-9-21(16(2)12-15)34(30,31)32-25-20(14-27-28(25)7)23(29)19-13-17(3)24-22(18(19)4)26(5,6)10-11-33-24/h8-9,12-14H,10-11H2,1-7H3. The highest BCUT2D eigenvalue weighted by Gasteiger charge is 2.34. The van der Waals surface area contributed by atoms with Crippen LogP contribution in [0.25, 0.3) is 0 Å². The monoisotopic (exact) mass is 498 g/mol. The number of hydrogen-bond donors (Lipinski definition) is 0. The van der Waals surface area contributed by atoms with Crippen molar-refractivity contribution in [3.05, 3.63) is 69.4 Å². The molecule has 2 heterocycles. The third-order valence-corrected chi connectivity index (χ3v) is 9.13. The van der Waals surface area contributed by atoms with E-state index in [0.717, 1.165) is 28.9 Å². The van der Waals surface area contributed by atoms with Crippen LogP contribution < -0.4 is 4.18 Å². The van der Waals surface area contributed by atoms with Crippen molar-refractivity contribution in [2.24, 2.45) is 7.05 Å². The molecule has 0 N–H and O–H groups in total. The van der Waals surface area contributed by atoms with Crippen molar-refractivity contribution in [2.45, 2.75) is 63.2 Å². The molecule has 0 saturated heterocycles. The third kappa shape index (κ3) is 4.18. The Morgan fingerprint density at radius 3 is 2.47 bits per heavy atom. The molecule has 0 radical (unpaired) electrons. The first kappa shape index (κ1) is 24.5. The molecular formula is C26H30N2O4S2. The number of aromatic nitrogens is 2. The van der Waals surface area contributed by atoms with E-state index in [4.69, 9.17) is 4.18 Å². The molecule has 0 aliphatic carbocycles. The predicted molar refractivity (Wildman–Crippen MR) is 135 cm³/mol. The maximum atomic E-state index is 13.7. The van der Waals surface area contributed by atoms with E-state index >= 15 is 0 Å². The number of nitrogens with zero attached hydrogens (tertiary/aromatic N) is 2. The lowest BCUT2D eigenvalue weighted by Crippen LogP contribution is -2.26. The first-order valence-corrected chi connectivity index (χ1v) is 13.6. The Kier molecular flexibility index (Phi) is 6.19. The van der Waals surface area contributed by atoms with Gasteiger partial charge in [-0.05, 0) is 79.7 Å². The molecule has 2 aromatic carbocycles. The van der Waals surface area contributed by atoms with Gasteiger partial charge in [-0.25, -0.2) is 4.68 Å². The van der Waals surface area contributed by atoms with E-state index in [1.165, 1.54) is 27.4 Å². The van der Waals surface area contributed by atoms with Crippen LogP contribution in [-0.4, -0.2) is 29.7 Å². The molecule has 8 heteroatoms. The van der Waals surface area contributed by atoms with Gasteiger partial charge in [-0.3, -0.25) is 4.79 Å². The first-order valence-electron chi connectivity index (χ1n) is 11.2. The molecule has 0 amide bonds. The molecule has 6 nitrogen and oxygen atoms in total. The van der Waals surface area contributed by atoms with Crippen LogP contribution in [0.15, 0.2) is 40.3 Å². The fourth-order valence-corrected chi connectivity index (χ4v) is 7.58. The number of hydrogen-bond acceptors (Lipinski definition) is 6. The Morgan fingerprint density at radius 1 is 1.09 bits per heavy atom. The average molecular weight is 499 g/mol. The largest absolute Gasteiger partial charge is 0.358 e. The molecule has 3 aromatic rings. The van der Waals surface area contributed by atoms with Gasteiger partial charge in [-0.1, -0.05) is 31.5 Å². The minimum Gasteiger partial charge on any atom is -0.358 e. The van der Waals surface area contributed by atoms with Gasteiger partial charge in [0.05, 0.1) is 6.20 Å². The fourth-order valence-electron chi connectivity index (χ4n) is 4.72. The summed E-state index contributed by atoms with van der Waals surface area (Å²) in [5.74, 6) is 0.659. The Hall–Kier alpha value is -2.58. The maximum Gasteiger partial charge on any atom is 0.340 e. The lowest BCUT2D eigenvalue weighted by Gasteiger charge is -2.35. The Labute approximate surface area is 205 Å². The normalized spacial score (nSPS) is 15.1. The van der Waals surface area contributed by atoms with Crippen LogP contribution in [0.1, 0.15) is 64.0 Å². The number of carbonyl (C=O) groups is 1. The third-order valence-electron chi connectivity index (χ3n) is 6.54. The van der Waals surface area contributed by atoms with E-state index in [2.05, 4.69) is 18.9 Å². The summed E-state index contributed by atoms with van der Waals surface area (Å²) in [6.07, 6.45) is 2.40. The molecule has 180 valence electrons. The lowest BCUT2D eigenvalue weighted by atomic mass is 9.77. The van der Waals surface area contributed by atoms with Gasteiger partial charge in [0.25, 0.3) is 0 Å². The lowest BCUT2D eigenvalue weighted by molar-refractivity contribution is 0.103. The fraction of sp³-hybridized carbons (Fsp3) is 0.385. The molecule has 4 rings (SSSR count). The van der Waals surface area contributed by atoms with Gasteiger partial charge in [-0.2, -0.15) is 13.5 Å². The van der Waals surface area contributed by atoms with Gasteiger partial charge >= 0.3 is 10.1 Å². The minimum absolute atomic E-state index is 0.0493. The summed E-state index contributed by atoms with van der Waals surface area (Å²) < 4.78 is 33.0. The second-order valence-electron chi connectivity index (χ2n) is 9.68. The number of carbonyl (C=O) groups excluding carboxylic acids is 1. The van der Waals surface area contributed by atoms with Crippen LogP contribution in [0.2, 0.25) is 0 Å². The number of benzene rings is 2. The van der Waals surface area contributed by atoms with E-state index in [9.17, 15) is 13.2 Å². The summed E-state index contributed by atoms with van der Waals surface area (Å²) in [5, 5.41) is 4.15. The molecule has 0 unspecified atom stereocenters. The highest BCUT2D eigenvalue weighted by molar-refractivity contribution is 7.99. The van der Waals surface area contributed by atoms with Gasteiger partial charge < -0.3 is 4.18 Å². The zero-order valence-electron chi connectivity index (χ0n) is 20.6. The van der Waals surface area contributed by atoms with Crippen LogP contribution in [-0.2, 0) is 22.6 Å². The van der Waals surface area contributed by atoms with Crippen molar-refractivity contribution < 1.29 is 17.4 Å². The molecule has 0 saturated carbocycles. The average Bonchev–Trinajstić information content (AvgIpc) is 3.08. The summed E-state index contributed by atoms with van der Waals surface area (Å²) in [6.45, 7) is 12.0. The quantitative estimate of drug-likeness (QED) is 0.345. The van der Waals surface area contributed by atoms with E-state index in [0.29, 0.717) is 11.1 Å². The second kappa shape index (κ2) is 8.57. The molecule has 1 aliphatic rings. The van der Waals surface area contributed by atoms with Crippen LogP contribution >= 0.6 is 11.8 Å². The van der Waals surface area contributed by atoms with Gasteiger partial charge in [0.1, 0.15) is 10.5 Å². The zero-order chi connectivity index (χ0) is 25.0. The topological polar surface area (TPSA) is 78.3 Å². The summed E-state index contributed by atoms with van der Waals surface area (Å²) in [7, 11) is -2.60. The van der Waals surface area contributed by atoms with Crippen molar-refractivity contribution in [1.82, 2.24) is 9.78 Å². The molecule has 0 atom stereocenters. The van der Waals surface area contributed by atoms with Gasteiger partial charge in [0.15, 0.2) is 5.78 Å². The zero-order valence-corrected chi connectivity index (χ0v) is 22.3. The summed E-state index contributed by atoms with van der Waals surface area (Å²) in [4.78, 5) is 15.1. The number of aryl methyl sites for hydroxylation is 4. The Morgan fingerprint density at radius 2 is 1.79 bits per heavy atom. The number of thioether (sulfide) groups is 1. The van der Waals surface area contributed by atoms with Gasteiger partial charge in [-0.15, -0.1) is 11.8 Å². The number of fused-ring (bicyclic) bond motifs is 1. The van der Waals surface area contributed by atoms with E-state index in [-0.39, 0.29) is 27.5 Å². The minimum atomic E-state index is -4.16.